The van der Waals surface area contributed by atoms with E-state index in [0.29, 0.717) is 11.8 Å². The van der Waals surface area contributed by atoms with Crippen LogP contribution in [0.5, 0.6) is 5.75 Å². The quantitative estimate of drug-likeness (QED) is 0.899. The van der Waals surface area contributed by atoms with Crippen LogP contribution in [0.1, 0.15) is 32.3 Å². The molecule has 0 saturated heterocycles. The van der Waals surface area contributed by atoms with E-state index in [2.05, 4.69) is 26.0 Å². The fourth-order valence-corrected chi connectivity index (χ4v) is 3.10. The smallest absolute Gasteiger partial charge is 0.127 e. The highest BCUT2D eigenvalue weighted by molar-refractivity contribution is 5.27. The van der Waals surface area contributed by atoms with Crippen LogP contribution in [0.15, 0.2) is 24.3 Å². The van der Waals surface area contributed by atoms with E-state index in [0.717, 1.165) is 31.6 Å². The van der Waals surface area contributed by atoms with Crippen LogP contribution >= 0.6 is 0 Å². The first-order chi connectivity index (χ1) is 9.60. The molecule has 1 saturated carbocycles. The van der Waals surface area contributed by atoms with E-state index in [4.69, 9.17) is 9.47 Å². The Morgan fingerprint density at radius 3 is 2.45 bits per heavy atom. The predicted octanol–water partition coefficient (Wildman–Crippen LogP) is 3.05. The molecule has 0 bridgehead atoms. The van der Waals surface area contributed by atoms with E-state index in [-0.39, 0.29) is 12.2 Å². The molecule has 1 fully saturated rings. The normalized spacial score (nSPS) is 30.2. The highest BCUT2D eigenvalue weighted by Crippen LogP contribution is 2.32. The maximum atomic E-state index is 10.2. The van der Waals surface area contributed by atoms with Crippen LogP contribution in [0.4, 0.5) is 0 Å². The van der Waals surface area contributed by atoms with Crippen LogP contribution in [0.2, 0.25) is 0 Å². The Morgan fingerprint density at radius 2 is 1.85 bits per heavy atom. The van der Waals surface area contributed by atoms with Gasteiger partial charge in [0.05, 0.1) is 12.7 Å². The molecule has 4 atom stereocenters. The van der Waals surface area contributed by atoms with Gasteiger partial charge < -0.3 is 14.6 Å². The van der Waals surface area contributed by atoms with Crippen molar-refractivity contribution in [3.63, 3.8) is 0 Å². The Hall–Kier alpha value is -1.06. The molecular weight excluding hydrogens is 252 g/mol. The Balaban J connectivity index is 1.95. The molecule has 1 aliphatic rings. The summed E-state index contributed by atoms with van der Waals surface area (Å²) >= 11 is 0. The zero-order valence-electron chi connectivity index (χ0n) is 12.7. The maximum absolute atomic E-state index is 10.2. The molecule has 3 nitrogen and oxygen atoms in total. The second kappa shape index (κ2) is 7.09. The van der Waals surface area contributed by atoms with Gasteiger partial charge in [-0.3, -0.25) is 0 Å². The zero-order chi connectivity index (χ0) is 14.5. The second-order valence-electron chi connectivity index (χ2n) is 6.09. The number of rotatable bonds is 5. The first kappa shape index (κ1) is 15.3. The van der Waals surface area contributed by atoms with Crippen molar-refractivity contribution in [2.45, 2.75) is 45.3 Å². The third kappa shape index (κ3) is 3.97. The van der Waals surface area contributed by atoms with Gasteiger partial charge in [0.1, 0.15) is 11.9 Å². The number of benzene rings is 1. The van der Waals surface area contributed by atoms with Crippen LogP contribution in [-0.2, 0) is 11.2 Å². The van der Waals surface area contributed by atoms with Crippen LogP contribution in [0.25, 0.3) is 0 Å². The van der Waals surface area contributed by atoms with Crippen molar-refractivity contribution < 1.29 is 14.6 Å². The first-order valence-electron chi connectivity index (χ1n) is 7.52. The van der Waals surface area contributed by atoms with Crippen LogP contribution in [-0.4, -0.2) is 31.0 Å². The molecule has 112 valence electrons. The zero-order valence-corrected chi connectivity index (χ0v) is 12.7. The molecule has 1 aromatic rings. The molecule has 4 unspecified atom stereocenters. The van der Waals surface area contributed by atoms with Crippen LogP contribution < -0.4 is 4.74 Å². The lowest BCUT2D eigenvalue weighted by molar-refractivity contribution is -0.0388. The average Bonchev–Trinajstić information content (AvgIpc) is 2.42. The molecule has 0 aliphatic heterocycles. The summed E-state index contributed by atoms with van der Waals surface area (Å²) in [5.74, 6) is 1.81. The van der Waals surface area contributed by atoms with E-state index in [1.54, 1.807) is 7.11 Å². The summed E-state index contributed by atoms with van der Waals surface area (Å²) in [6.07, 6.45) is 2.42. The number of hydrogen-bond donors (Lipinski definition) is 1. The van der Waals surface area contributed by atoms with Gasteiger partial charge in [0.2, 0.25) is 0 Å². The van der Waals surface area contributed by atoms with E-state index in [1.807, 2.05) is 12.1 Å². The topological polar surface area (TPSA) is 38.7 Å². The number of methoxy groups -OCH3 is 1. The Bertz CT molecular complexity index is 389. The summed E-state index contributed by atoms with van der Waals surface area (Å²) in [7, 11) is 1.71. The lowest BCUT2D eigenvalue weighted by Gasteiger charge is -2.36. The number of aliphatic hydroxyl groups is 1. The molecule has 0 radical (unpaired) electrons. The minimum Gasteiger partial charge on any atom is -0.487 e. The number of ether oxygens (including phenoxy) is 2. The third-order valence-corrected chi connectivity index (χ3v) is 4.15. The number of hydrogen-bond acceptors (Lipinski definition) is 3. The lowest BCUT2D eigenvalue weighted by atomic mass is 9.79. The summed E-state index contributed by atoms with van der Waals surface area (Å²) in [6, 6.07) is 8.11. The first-order valence-corrected chi connectivity index (χ1v) is 7.52. The lowest BCUT2D eigenvalue weighted by Crippen LogP contribution is -2.43. The Morgan fingerprint density at radius 1 is 1.15 bits per heavy atom. The van der Waals surface area contributed by atoms with Gasteiger partial charge in [0.25, 0.3) is 0 Å². The summed E-state index contributed by atoms with van der Waals surface area (Å²) < 4.78 is 11.1. The van der Waals surface area contributed by atoms with Crippen molar-refractivity contribution in [1.82, 2.24) is 0 Å². The highest BCUT2D eigenvalue weighted by Gasteiger charge is 2.34. The predicted molar refractivity (Wildman–Crippen MR) is 80.0 cm³/mol. The molecular formula is C17H26O3. The fraction of sp³-hybridized carbons (Fsp3) is 0.647. The average molecular weight is 278 g/mol. The minimum absolute atomic E-state index is 0.0870. The van der Waals surface area contributed by atoms with Crippen molar-refractivity contribution in [3.05, 3.63) is 29.8 Å². The van der Waals surface area contributed by atoms with Crippen molar-refractivity contribution in [3.8, 4) is 5.75 Å². The molecule has 0 heterocycles. The highest BCUT2D eigenvalue weighted by atomic mass is 16.5. The van der Waals surface area contributed by atoms with Gasteiger partial charge >= 0.3 is 0 Å². The van der Waals surface area contributed by atoms with Crippen molar-refractivity contribution in [1.29, 1.82) is 0 Å². The molecule has 1 aromatic carbocycles. The van der Waals surface area contributed by atoms with Gasteiger partial charge in [0.15, 0.2) is 0 Å². The van der Waals surface area contributed by atoms with Crippen molar-refractivity contribution >= 4 is 0 Å². The van der Waals surface area contributed by atoms with E-state index < -0.39 is 0 Å². The minimum atomic E-state index is -0.359. The molecule has 0 aromatic heterocycles. The van der Waals surface area contributed by atoms with Gasteiger partial charge in [0, 0.05) is 7.11 Å². The molecule has 1 N–H and O–H groups in total. The van der Waals surface area contributed by atoms with Crippen LogP contribution in [0.3, 0.4) is 0 Å². The van der Waals surface area contributed by atoms with Crippen molar-refractivity contribution in [2.24, 2.45) is 11.8 Å². The summed E-state index contributed by atoms with van der Waals surface area (Å²) in [6.45, 7) is 5.09. The number of aliphatic hydroxyl groups excluding tert-OH is 1. The second-order valence-corrected chi connectivity index (χ2v) is 6.09. The maximum Gasteiger partial charge on any atom is 0.127 e. The van der Waals surface area contributed by atoms with Gasteiger partial charge in [-0.25, -0.2) is 0 Å². The van der Waals surface area contributed by atoms with Crippen molar-refractivity contribution in [2.75, 3.05) is 13.7 Å². The van der Waals surface area contributed by atoms with Gasteiger partial charge in [-0.15, -0.1) is 0 Å². The molecule has 0 spiro atoms. The van der Waals surface area contributed by atoms with E-state index in [1.165, 1.54) is 5.56 Å². The molecule has 3 heteroatoms. The van der Waals surface area contributed by atoms with Gasteiger partial charge in [-0.05, 0) is 48.8 Å². The summed E-state index contributed by atoms with van der Waals surface area (Å²) in [5, 5.41) is 10.2. The standard InChI is InChI=1S/C17H26O3/c1-12-10-13(2)17(16(18)11-12)20-15-6-4-14(5-7-15)8-9-19-3/h4-7,12-13,16-18H,8-11H2,1-3H3. The van der Waals surface area contributed by atoms with Gasteiger partial charge in [-0.2, -0.15) is 0 Å². The molecule has 1 aliphatic carbocycles. The Kier molecular flexibility index (Phi) is 5.44. The molecule has 2 rings (SSSR count). The van der Waals surface area contributed by atoms with E-state index >= 15 is 0 Å². The van der Waals surface area contributed by atoms with E-state index in [9.17, 15) is 5.11 Å². The largest absolute Gasteiger partial charge is 0.487 e. The van der Waals surface area contributed by atoms with Crippen LogP contribution in [0, 0.1) is 11.8 Å². The molecule has 0 amide bonds. The summed E-state index contributed by atoms with van der Waals surface area (Å²) in [4.78, 5) is 0. The summed E-state index contributed by atoms with van der Waals surface area (Å²) in [5.41, 5.74) is 1.24. The SMILES string of the molecule is COCCc1ccc(OC2C(C)CC(C)CC2O)cc1. The fourth-order valence-electron chi connectivity index (χ4n) is 3.10. The third-order valence-electron chi connectivity index (χ3n) is 4.15. The van der Waals surface area contributed by atoms with Gasteiger partial charge in [-0.1, -0.05) is 26.0 Å². The monoisotopic (exact) mass is 278 g/mol. The Labute approximate surface area is 121 Å². The molecule has 20 heavy (non-hydrogen) atoms.